The topological polar surface area (TPSA) is 117 Å². The fraction of sp³-hybridized carbons (Fsp3) is 0.429. The van der Waals surface area contributed by atoms with Gasteiger partial charge >= 0.3 is 12.3 Å². The fourth-order valence-corrected chi connectivity index (χ4v) is 3.05. The number of benzene rings is 1. The Balaban J connectivity index is 2.63. The van der Waals surface area contributed by atoms with Gasteiger partial charge in [0, 0.05) is 18.7 Å². The van der Waals surface area contributed by atoms with Gasteiger partial charge in [-0.25, -0.2) is 9.59 Å². The van der Waals surface area contributed by atoms with Crippen LogP contribution in [0.4, 0.5) is 15.3 Å². The van der Waals surface area contributed by atoms with Gasteiger partial charge in [0.25, 0.3) is 5.69 Å². The molecule has 10 nitrogen and oxygen atoms in total. The molecule has 1 atom stereocenters. The van der Waals surface area contributed by atoms with Crippen molar-refractivity contribution in [3.8, 4) is 0 Å². The van der Waals surface area contributed by atoms with Gasteiger partial charge in [-0.3, -0.25) is 10.1 Å². The van der Waals surface area contributed by atoms with Crippen molar-refractivity contribution in [1.29, 1.82) is 0 Å². The summed E-state index contributed by atoms with van der Waals surface area (Å²) >= 11 is 0. The molecule has 1 aliphatic rings. The Labute approximate surface area is 180 Å². The number of nitrogens with zero attached hydrogens (tertiary/aromatic N) is 2. The lowest BCUT2D eigenvalue weighted by atomic mass is 9.89. The number of nitro benzene ring substituents is 1. The fourth-order valence-electron chi connectivity index (χ4n) is 3.05. The molecule has 0 bridgehead atoms. The van der Waals surface area contributed by atoms with E-state index in [9.17, 15) is 19.7 Å². The van der Waals surface area contributed by atoms with Crippen LogP contribution in [-0.4, -0.2) is 42.9 Å². The molecule has 1 aromatic carbocycles. The van der Waals surface area contributed by atoms with Crippen LogP contribution in [0.3, 0.4) is 0 Å². The van der Waals surface area contributed by atoms with Crippen LogP contribution in [0.5, 0.6) is 0 Å². The molecule has 0 saturated heterocycles. The van der Waals surface area contributed by atoms with Crippen molar-refractivity contribution in [1.82, 2.24) is 4.90 Å². The van der Waals surface area contributed by atoms with E-state index in [1.54, 1.807) is 31.9 Å². The lowest BCUT2D eigenvalue weighted by Crippen LogP contribution is -2.31. The zero-order valence-corrected chi connectivity index (χ0v) is 18.3. The van der Waals surface area contributed by atoms with Crippen LogP contribution in [0.2, 0.25) is 0 Å². The van der Waals surface area contributed by atoms with Crippen molar-refractivity contribution < 1.29 is 33.5 Å². The quantitative estimate of drug-likeness (QED) is 0.357. The number of rotatable bonds is 6. The molecule has 168 valence electrons. The lowest BCUT2D eigenvalue weighted by molar-refractivity contribution is -0.385. The van der Waals surface area contributed by atoms with Crippen molar-refractivity contribution >= 4 is 18.0 Å². The maximum atomic E-state index is 12.4. The van der Waals surface area contributed by atoms with Crippen LogP contribution in [0.15, 0.2) is 47.2 Å². The zero-order valence-electron chi connectivity index (χ0n) is 18.3. The predicted octanol–water partition coefficient (Wildman–Crippen LogP) is 4.68. The highest BCUT2D eigenvalue weighted by molar-refractivity contribution is 5.65. The Morgan fingerprint density at radius 2 is 1.65 bits per heavy atom. The van der Waals surface area contributed by atoms with Gasteiger partial charge in [-0.1, -0.05) is 32.0 Å². The number of ether oxygens (including phenoxy) is 4. The molecule has 0 aromatic heterocycles. The normalized spacial score (nSPS) is 16.4. The SMILES string of the molecule is COC(=O)OC1=C(C)N(C)C(C)=C(OC(=O)OCC(C)C)C1c1ccccc1[N+](=O)[O-]. The second-order valence-electron chi connectivity index (χ2n) is 7.32. The highest BCUT2D eigenvalue weighted by atomic mass is 16.7. The van der Waals surface area contributed by atoms with Crippen LogP contribution in [0, 0.1) is 16.0 Å². The summed E-state index contributed by atoms with van der Waals surface area (Å²) in [6, 6.07) is 5.96. The van der Waals surface area contributed by atoms with E-state index < -0.39 is 23.2 Å². The smallest absolute Gasteiger partial charge is 0.437 e. The van der Waals surface area contributed by atoms with Crippen LogP contribution in [0.25, 0.3) is 0 Å². The number of carbonyl (C=O) groups excluding carboxylic acids is 2. The molecule has 2 rings (SSSR count). The molecule has 1 aliphatic heterocycles. The monoisotopic (exact) mass is 434 g/mol. The molecule has 1 heterocycles. The van der Waals surface area contributed by atoms with E-state index in [4.69, 9.17) is 14.2 Å². The van der Waals surface area contributed by atoms with Gasteiger partial charge in [-0.2, -0.15) is 0 Å². The highest BCUT2D eigenvalue weighted by Gasteiger charge is 2.40. The van der Waals surface area contributed by atoms with Gasteiger partial charge in [0.05, 0.1) is 30.0 Å². The van der Waals surface area contributed by atoms with Crippen molar-refractivity contribution in [2.24, 2.45) is 5.92 Å². The standard InChI is InChI=1S/C21H26N2O8/c1-12(2)11-29-21(25)31-19-14(4)22(5)13(3)18(30-20(24)28-6)17(19)15-9-7-8-10-16(15)23(26)27/h7-10,12,17H,11H2,1-6H3. The number of allylic oxidation sites excluding steroid dienone is 2. The summed E-state index contributed by atoms with van der Waals surface area (Å²) in [4.78, 5) is 37.1. The summed E-state index contributed by atoms with van der Waals surface area (Å²) in [5.41, 5.74) is 0.957. The van der Waals surface area contributed by atoms with Gasteiger partial charge < -0.3 is 23.8 Å². The van der Waals surface area contributed by atoms with E-state index in [0.29, 0.717) is 11.4 Å². The Hall–Kier alpha value is -3.56. The minimum Gasteiger partial charge on any atom is -0.437 e. The number of hydrogen-bond acceptors (Lipinski definition) is 9. The second-order valence-corrected chi connectivity index (χ2v) is 7.32. The van der Waals surface area contributed by atoms with Crippen LogP contribution in [-0.2, 0) is 18.9 Å². The Morgan fingerprint density at radius 3 is 2.16 bits per heavy atom. The van der Waals surface area contributed by atoms with E-state index in [2.05, 4.69) is 4.74 Å². The number of nitro groups is 1. The molecule has 0 N–H and O–H groups in total. The second kappa shape index (κ2) is 9.96. The summed E-state index contributed by atoms with van der Waals surface area (Å²) in [6.45, 7) is 7.24. The molecule has 1 aromatic rings. The summed E-state index contributed by atoms with van der Waals surface area (Å²) in [6.07, 6.45) is -1.97. The predicted molar refractivity (Wildman–Crippen MR) is 110 cm³/mol. The van der Waals surface area contributed by atoms with Crippen molar-refractivity contribution in [2.75, 3.05) is 20.8 Å². The van der Waals surface area contributed by atoms with E-state index in [-0.39, 0.29) is 35.3 Å². The molecular weight excluding hydrogens is 408 g/mol. The maximum Gasteiger partial charge on any atom is 0.513 e. The first-order chi connectivity index (χ1) is 14.6. The molecule has 0 aliphatic carbocycles. The Bertz CT molecular complexity index is 935. The number of hydrogen-bond donors (Lipinski definition) is 0. The molecule has 10 heteroatoms. The minimum atomic E-state index is -1.05. The van der Waals surface area contributed by atoms with Gasteiger partial charge in [0.2, 0.25) is 0 Å². The molecule has 0 radical (unpaired) electrons. The van der Waals surface area contributed by atoms with Crippen LogP contribution >= 0.6 is 0 Å². The van der Waals surface area contributed by atoms with E-state index in [1.165, 1.54) is 18.2 Å². The molecule has 0 spiro atoms. The van der Waals surface area contributed by atoms with Gasteiger partial charge in [0.15, 0.2) is 0 Å². The van der Waals surface area contributed by atoms with Crippen molar-refractivity contribution in [3.05, 3.63) is 62.9 Å². The van der Waals surface area contributed by atoms with Crippen molar-refractivity contribution in [3.63, 3.8) is 0 Å². The van der Waals surface area contributed by atoms with Crippen LogP contribution < -0.4 is 0 Å². The third kappa shape index (κ3) is 5.33. The number of methoxy groups -OCH3 is 1. The maximum absolute atomic E-state index is 12.4. The molecule has 0 fully saturated rings. The molecular formula is C21H26N2O8. The van der Waals surface area contributed by atoms with Gasteiger partial charge in [0.1, 0.15) is 17.4 Å². The third-order valence-electron chi connectivity index (χ3n) is 4.78. The Kier molecular flexibility index (Phi) is 7.62. The molecule has 0 amide bonds. The summed E-state index contributed by atoms with van der Waals surface area (Å²) < 4.78 is 20.6. The first-order valence-corrected chi connectivity index (χ1v) is 9.57. The summed E-state index contributed by atoms with van der Waals surface area (Å²) in [7, 11) is 2.83. The minimum absolute atomic E-state index is 0.0425. The first-order valence-electron chi connectivity index (χ1n) is 9.57. The third-order valence-corrected chi connectivity index (χ3v) is 4.78. The largest absolute Gasteiger partial charge is 0.513 e. The number of carbonyl (C=O) groups is 2. The zero-order chi connectivity index (χ0) is 23.3. The average molecular weight is 434 g/mol. The van der Waals surface area contributed by atoms with Gasteiger partial charge in [-0.05, 0) is 19.8 Å². The van der Waals surface area contributed by atoms with Gasteiger partial charge in [-0.15, -0.1) is 0 Å². The average Bonchev–Trinajstić information content (AvgIpc) is 2.73. The molecule has 31 heavy (non-hydrogen) atoms. The Morgan fingerprint density at radius 1 is 1.10 bits per heavy atom. The lowest BCUT2D eigenvalue weighted by Gasteiger charge is -2.35. The van der Waals surface area contributed by atoms with E-state index >= 15 is 0 Å². The van der Waals surface area contributed by atoms with Crippen molar-refractivity contribution in [2.45, 2.75) is 33.6 Å². The molecule has 0 saturated carbocycles. The van der Waals surface area contributed by atoms with Crippen LogP contribution in [0.1, 0.15) is 39.2 Å². The summed E-state index contributed by atoms with van der Waals surface area (Å²) in [5.74, 6) is -0.873. The summed E-state index contributed by atoms with van der Waals surface area (Å²) in [5, 5.41) is 11.7. The first kappa shape index (κ1) is 23.7. The number of para-hydroxylation sites is 1. The molecule has 1 unspecified atom stereocenters. The van der Waals surface area contributed by atoms with E-state index in [0.717, 1.165) is 7.11 Å². The highest BCUT2D eigenvalue weighted by Crippen LogP contribution is 2.45. The van der Waals surface area contributed by atoms with E-state index in [1.807, 2.05) is 13.8 Å².